The monoisotopic (exact) mass is 311 g/mol. The van der Waals surface area contributed by atoms with E-state index in [0.29, 0.717) is 28.0 Å². The first-order valence-electron chi connectivity index (χ1n) is 7.14. The van der Waals surface area contributed by atoms with E-state index in [4.69, 9.17) is 9.15 Å². The highest BCUT2D eigenvalue weighted by Gasteiger charge is 2.11. The summed E-state index contributed by atoms with van der Waals surface area (Å²) in [6, 6.07) is 10.5. The Balaban J connectivity index is 2.32. The molecule has 0 aliphatic rings. The van der Waals surface area contributed by atoms with Gasteiger partial charge in [-0.15, -0.1) is 0 Å². The number of aromatic hydroxyl groups is 1. The third-order valence-electron chi connectivity index (χ3n) is 3.75. The molecule has 0 aliphatic carbocycles. The van der Waals surface area contributed by atoms with Crippen molar-refractivity contribution in [1.82, 2.24) is 0 Å². The Labute approximate surface area is 133 Å². The van der Waals surface area contributed by atoms with Crippen molar-refractivity contribution in [3.63, 3.8) is 0 Å². The van der Waals surface area contributed by atoms with Crippen LogP contribution in [0.1, 0.15) is 11.1 Å². The molecular weight excluding hydrogens is 294 g/mol. The maximum Gasteiger partial charge on any atom is 0.161 e. The number of ether oxygens (including phenoxy) is 1. The minimum absolute atomic E-state index is 0.0518. The summed E-state index contributed by atoms with van der Waals surface area (Å²) in [4.78, 5) is 0. The fourth-order valence-corrected chi connectivity index (χ4v) is 2.68. The minimum Gasteiger partial charge on any atom is -0.504 e. The lowest BCUT2D eigenvalue weighted by molar-refractivity contribution is 0.302. The summed E-state index contributed by atoms with van der Waals surface area (Å²) in [5.74, 6) is 0.923. The van der Waals surface area contributed by atoms with Crippen molar-refractivity contribution in [2.45, 2.75) is 13.8 Å². The molecule has 23 heavy (non-hydrogen) atoms. The molecule has 1 aromatic heterocycles. The average Bonchev–Trinajstić information content (AvgIpc) is 2.54. The second-order valence-electron chi connectivity index (χ2n) is 5.44. The minimum atomic E-state index is 0.0518. The Bertz CT molecular complexity index is 957. The summed E-state index contributed by atoms with van der Waals surface area (Å²) in [6.45, 7) is 3.92. The maximum atomic E-state index is 9.71. The molecule has 0 bridgehead atoms. The van der Waals surface area contributed by atoms with Crippen LogP contribution in [0.5, 0.6) is 11.5 Å². The molecule has 0 saturated heterocycles. The molecule has 5 heteroatoms. The van der Waals surface area contributed by atoms with Gasteiger partial charge in [0.15, 0.2) is 11.5 Å². The van der Waals surface area contributed by atoms with E-state index in [-0.39, 0.29) is 5.75 Å². The predicted octanol–water partition coefficient (Wildman–Crippen LogP) is 3.72. The Morgan fingerprint density at radius 3 is 2.57 bits per heavy atom. The zero-order valence-electron chi connectivity index (χ0n) is 13.1. The molecule has 0 atom stereocenters. The fraction of sp³-hybridized carbons (Fsp3) is 0.167. The number of hydrogen-bond donors (Lipinski definition) is 2. The van der Waals surface area contributed by atoms with Gasteiger partial charge in [-0.05, 0) is 49.2 Å². The van der Waals surface area contributed by atoms with Crippen molar-refractivity contribution in [3.05, 3.63) is 52.9 Å². The fourth-order valence-electron chi connectivity index (χ4n) is 2.68. The van der Waals surface area contributed by atoms with Crippen LogP contribution in [0.25, 0.3) is 22.3 Å². The molecule has 0 amide bonds. The molecule has 0 saturated carbocycles. The second kappa shape index (κ2) is 5.68. The maximum absolute atomic E-state index is 9.71. The molecule has 0 fully saturated rings. The summed E-state index contributed by atoms with van der Waals surface area (Å²) < 4.78 is 11.1. The molecule has 5 nitrogen and oxygen atoms in total. The molecule has 1 heterocycles. The lowest BCUT2D eigenvalue weighted by Gasteiger charge is -2.09. The van der Waals surface area contributed by atoms with E-state index >= 15 is 0 Å². The highest BCUT2D eigenvalue weighted by Crippen LogP contribution is 2.32. The standard InChI is InChI=1S/C18H17NO4/c1-10-6-11(2)18-13(7-10)14(19-21)9-16(23-18)12-4-5-15(20)17(8-12)22-3/h4-9,20-21H,1-3H3/b19-14+. The zero-order chi connectivity index (χ0) is 16.6. The summed E-state index contributed by atoms with van der Waals surface area (Å²) in [5, 5.41) is 23.6. The van der Waals surface area contributed by atoms with Gasteiger partial charge >= 0.3 is 0 Å². The summed E-state index contributed by atoms with van der Waals surface area (Å²) in [7, 11) is 1.48. The largest absolute Gasteiger partial charge is 0.504 e. The van der Waals surface area contributed by atoms with Crippen LogP contribution in [0.2, 0.25) is 0 Å². The van der Waals surface area contributed by atoms with E-state index in [9.17, 15) is 10.3 Å². The molecule has 118 valence electrons. The van der Waals surface area contributed by atoms with Gasteiger partial charge in [0.05, 0.1) is 7.11 Å². The molecule has 3 rings (SSSR count). The van der Waals surface area contributed by atoms with Gasteiger partial charge in [-0.3, -0.25) is 0 Å². The lowest BCUT2D eigenvalue weighted by atomic mass is 10.1. The number of phenols is 1. The van der Waals surface area contributed by atoms with Gasteiger partial charge in [0.25, 0.3) is 0 Å². The van der Waals surface area contributed by atoms with Gasteiger partial charge in [-0.2, -0.15) is 0 Å². The first-order chi connectivity index (χ1) is 11.0. The third kappa shape index (κ3) is 2.61. The Morgan fingerprint density at radius 2 is 1.87 bits per heavy atom. The summed E-state index contributed by atoms with van der Waals surface area (Å²) >= 11 is 0. The predicted molar refractivity (Wildman–Crippen MR) is 86.7 cm³/mol. The van der Waals surface area contributed by atoms with Crippen LogP contribution >= 0.6 is 0 Å². The third-order valence-corrected chi connectivity index (χ3v) is 3.75. The number of hydrogen-bond acceptors (Lipinski definition) is 5. The normalized spacial score (nSPS) is 11.9. The zero-order valence-corrected chi connectivity index (χ0v) is 13.1. The molecule has 0 spiro atoms. The van der Waals surface area contributed by atoms with Crippen LogP contribution < -0.4 is 10.1 Å². The Morgan fingerprint density at radius 1 is 1.09 bits per heavy atom. The van der Waals surface area contributed by atoms with E-state index in [2.05, 4.69) is 5.16 Å². The Kier molecular flexibility index (Phi) is 3.70. The Hall–Kier alpha value is -2.95. The molecule has 0 aliphatic heterocycles. The second-order valence-corrected chi connectivity index (χ2v) is 5.44. The van der Waals surface area contributed by atoms with Crippen LogP contribution in [-0.4, -0.2) is 17.4 Å². The number of nitrogens with zero attached hydrogens (tertiary/aromatic N) is 1. The van der Waals surface area contributed by atoms with Gasteiger partial charge in [0, 0.05) is 17.0 Å². The number of methoxy groups -OCH3 is 1. The van der Waals surface area contributed by atoms with E-state index in [0.717, 1.165) is 16.5 Å². The van der Waals surface area contributed by atoms with Crippen LogP contribution in [0.4, 0.5) is 0 Å². The number of aryl methyl sites for hydroxylation is 2. The average molecular weight is 311 g/mol. The van der Waals surface area contributed by atoms with Crippen molar-refractivity contribution in [2.75, 3.05) is 7.11 Å². The SMILES string of the molecule is COc1cc(-c2c/c(=N\O)c3cc(C)cc(C)c3o2)ccc1O. The van der Waals surface area contributed by atoms with Crippen LogP contribution in [0.3, 0.4) is 0 Å². The van der Waals surface area contributed by atoms with Crippen LogP contribution in [0.15, 0.2) is 46.0 Å². The van der Waals surface area contributed by atoms with Crippen molar-refractivity contribution in [1.29, 1.82) is 0 Å². The van der Waals surface area contributed by atoms with Gasteiger partial charge in [-0.25, -0.2) is 0 Å². The first kappa shape index (κ1) is 15.0. The van der Waals surface area contributed by atoms with E-state index < -0.39 is 0 Å². The summed E-state index contributed by atoms with van der Waals surface area (Å²) in [6.07, 6.45) is 0. The quantitative estimate of drug-likeness (QED) is 0.558. The van der Waals surface area contributed by atoms with Gasteiger partial charge in [-0.1, -0.05) is 11.2 Å². The molecule has 2 N–H and O–H groups in total. The van der Waals surface area contributed by atoms with E-state index in [1.807, 2.05) is 26.0 Å². The van der Waals surface area contributed by atoms with Crippen molar-refractivity contribution in [2.24, 2.45) is 5.16 Å². The first-order valence-corrected chi connectivity index (χ1v) is 7.14. The molecule has 2 aromatic carbocycles. The van der Waals surface area contributed by atoms with Crippen molar-refractivity contribution >= 4 is 11.0 Å². The highest BCUT2D eigenvalue weighted by atomic mass is 16.5. The topological polar surface area (TPSA) is 75.2 Å². The van der Waals surface area contributed by atoms with E-state index in [1.165, 1.54) is 13.2 Å². The van der Waals surface area contributed by atoms with Gasteiger partial charge in [0.2, 0.25) is 0 Å². The van der Waals surface area contributed by atoms with Crippen LogP contribution in [-0.2, 0) is 0 Å². The molecule has 0 unspecified atom stereocenters. The van der Waals surface area contributed by atoms with Crippen molar-refractivity contribution < 1.29 is 19.5 Å². The number of phenolic OH excluding ortho intramolecular Hbond substituents is 1. The molecule has 0 radical (unpaired) electrons. The molecular formula is C18H17NO4. The lowest BCUT2D eigenvalue weighted by Crippen LogP contribution is -2.04. The van der Waals surface area contributed by atoms with Gasteiger partial charge in [0.1, 0.15) is 16.7 Å². The van der Waals surface area contributed by atoms with E-state index in [1.54, 1.807) is 18.2 Å². The van der Waals surface area contributed by atoms with Crippen LogP contribution in [0, 0.1) is 13.8 Å². The number of benzene rings is 2. The number of fused-ring (bicyclic) bond motifs is 1. The van der Waals surface area contributed by atoms with Gasteiger partial charge < -0.3 is 19.5 Å². The van der Waals surface area contributed by atoms with Crippen molar-refractivity contribution in [3.8, 4) is 22.8 Å². The number of rotatable bonds is 2. The molecule has 3 aromatic rings. The summed E-state index contributed by atoms with van der Waals surface area (Å²) in [5.41, 5.74) is 3.39. The smallest absolute Gasteiger partial charge is 0.161 e. The highest BCUT2D eigenvalue weighted by molar-refractivity contribution is 5.82.